The second kappa shape index (κ2) is 8.65. The Hall–Kier alpha value is -2.59. The Kier molecular flexibility index (Phi) is 6.37. The molecule has 1 aliphatic rings. The van der Waals surface area contributed by atoms with Crippen molar-refractivity contribution in [2.45, 2.75) is 51.1 Å². The Balaban J connectivity index is 2.08. The molecule has 0 fully saturated rings. The molecule has 0 spiro atoms. The number of nitrogens with zero attached hydrogens (tertiary/aromatic N) is 2. The molecule has 0 bridgehead atoms. The molecule has 2 unspecified atom stereocenters. The summed E-state index contributed by atoms with van der Waals surface area (Å²) in [5.41, 5.74) is 4.79. The van der Waals surface area contributed by atoms with Gasteiger partial charge in [-0.3, -0.25) is 0 Å². The minimum absolute atomic E-state index is 0.0506. The molecule has 0 amide bonds. The number of benzene rings is 2. The zero-order valence-corrected chi connectivity index (χ0v) is 18.9. The van der Waals surface area contributed by atoms with E-state index in [4.69, 9.17) is 0 Å². The molecular formula is C26H34N2O2. The molecule has 0 aromatic heterocycles. The molecule has 2 aromatic carbocycles. The summed E-state index contributed by atoms with van der Waals surface area (Å²) in [6.07, 6.45) is 2.00. The normalized spacial score (nSPS) is 23.1. The quantitative estimate of drug-likeness (QED) is 0.710. The highest BCUT2D eigenvalue weighted by atomic mass is 16.4. The SMILES string of the molecule is C=C(c1cccc(C(=O)O)c1)N(C)C1C(N(C)CC)Cc2ccccc2[C@@]1(C)CC. The van der Waals surface area contributed by atoms with Gasteiger partial charge in [0.25, 0.3) is 0 Å². The predicted molar refractivity (Wildman–Crippen MR) is 124 cm³/mol. The number of fused-ring (bicyclic) bond motifs is 1. The lowest BCUT2D eigenvalue weighted by atomic mass is 9.63. The minimum atomic E-state index is -0.916. The molecule has 3 rings (SSSR count). The highest BCUT2D eigenvalue weighted by Crippen LogP contribution is 2.44. The number of aromatic carboxylic acids is 1. The van der Waals surface area contributed by atoms with Crippen LogP contribution >= 0.6 is 0 Å². The first-order valence-electron chi connectivity index (χ1n) is 10.8. The van der Waals surface area contributed by atoms with Crippen LogP contribution in [0, 0.1) is 0 Å². The number of rotatable bonds is 7. The Bertz CT molecular complexity index is 938. The molecule has 4 heteroatoms. The van der Waals surface area contributed by atoms with E-state index in [0.29, 0.717) is 6.04 Å². The van der Waals surface area contributed by atoms with Crippen LogP contribution in [0.5, 0.6) is 0 Å². The van der Waals surface area contributed by atoms with E-state index in [1.54, 1.807) is 18.2 Å². The lowest BCUT2D eigenvalue weighted by Gasteiger charge is -2.54. The van der Waals surface area contributed by atoms with Gasteiger partial charge in [0, 0.05) is 24.2 Å². The van der Waals surface area contributed by atoms with Gasteiger partial charge < -0.3 is 14.9 Å². The van der Waals surface area contributed by atoms with Gasteiger partial charge in [0.05, 0.1) is 11.6 Å². The average Bonchev–Trinajstić information content (AvgIpc) is 2.77. The number of hydrogen-bond donors (Lipinski definition) is 1. The van der Waals surface area contributed by atoms with Crippen LogP contribution in [0.4, 0.5) is 0 Å². The maximum absolute atomic E-state index is 11.5. The Morgan fingerprint density at radius 1 is 1.13 bits per heavy atom. The van der Waals surface area contributed by atoms with Gasteiger partial charge in [-0.1, -0.05) is 63.7 Å². The lowest BCUT2D eigenvalue weighted by molar-refractivity contribution is 0.0696. The predicted octanol–water partition coefficient (Wildman–Crippen LogP) is 4.90. The van der Waals surface area contributed by atoms with Crippen LogP contribution < -0.4 is 0 Å². The first-order chi connectivity index (χ1) is 14.2. The number of carboxylic acid groups (broad SMARTS) is 1. The van der Waals surface area contributed by atoms with Gasteiger partial charge in [-0.25, -0.2) is 4.79 Å². The standard InChI is InChI=1S/C26H34N2O2/c1-7-26(4)22-15-10-9-12-20(22)17-23(27(5)8-2)24(26)28(6)18(3)19-13-11-14-21(16-19)25(29)30/h9-16,23-24H,3,7-8,17H2,1-2,4-6H3,(H,29,30)/t23?,24?,26-/m1/s1. The fraction of sp³-hybridized carbons (Fsp3) is 0.423. The van der Waals surface area contributed by atoms with Crippen molar-refractivity contribution in [2.24, 2.45) is 0 Å². The largest absolute Gasteiger partial charge is 0.478 e. The van der Waals surface area contributed by atoms with E-state index in [1.165, 1.54) is 11.1 Å². The highest BCUT2D eigenvalue weighted by Gasteiger charge is 2.47. The van der Waals surface area contributed by atoms with Crippen molar-refractivity contribution < 1.29 is 9.90 Å². The summed E-state index contributed by atoms with van der Waals surface area (Å²) in [7, 11) is 4.31. The molecule has 4 nitrogen and oxygen atoms in total. The fourth-order valence-electron chi connectivity index (χ4n) is 5.10. The van der Waals surface area contributed by atoms with E-state index < -0.39 is 5.97 Å². The average molecular weight is 407 g/mol. The van der Waals surface area contributed by atoms with Gasteiger partial charge >= 0.3 is 5.97 Å². The third-order valence-corrected chi connectivity index (χ3v) is 7.16. The first-order valence-corrected chi connectivity index (χ1v) is 10.8. The summed E-state index contributed by atoms with van der Waals surface area (Å²) >= 11 is 0. The van der Waals surface area contributed by atoms with E-state index in [1.807, 2.05) is 6.07 Å². The topological polar surface area (TPSA) is 43.8 Å². The summed E-state index contributed by atoms with van der Waals surface area (Å²) < 4.78 is 0. The summed E-state index contributed by atoms with van der Waals surface area (Å²) in [5, 5.41) is 9.41. The minimum Gasteiger partial charge on any atom is -0.478 e. The molecule has 1 aliphatic carbocycles. The summed E-state index contributed by atoms with van der Waals surface area (Å²) in [5.74, 6) is -0.916. The molecule has 1 N–H and O–H groups in total. The van der Waals surface area contributed by atoms with Crippen LogP contribution in [0.3, 0.4) is 0 Å². The van der Waals surface area contributed by atoms with Gasteiger partial charge in [0.2, 0.25) is 0 Å². The lowest BCUT2D eigenvalue weighted by Crippen LogP contribution is -2.61. The molecule has 0 aliphatic heterocycles. The van der Waals surface area contributed by atoms with Gasteiger partial charge in [-0.05, 0) is 55.3 Å². The van der Waals surface area contributed by atoms with E-state index >= 15 is 0 Å². The molecule has 3 atom stereocenters. The summed E-state index contributed by atoms with van der Waals surface area (Å²) in [6, 6.07) is 16.4. The highest BCUT2D eigenvalue weighted by molar-refractivity contribution is 5.88. The van der Waals surface area contributed by atoms with Crippen LogP contribution in [-0.2, 0) is 11.8 Å². The summed E-state index contributed by atoms with van der Waals surface area (Å²) in [4.78, 5) is 16.2. The van der Waals surface area contributed by atoms with Crippen LogP contribution in [-0.4, -0.2) is 53.6 Å². The Morgan fingerprint density at radius 2 is 1.80 bits per heavy atom. The molecule has 0 saturated carbocycles. The molecule has 30 heavy (non-hydrogen) atoms. The van der Waals surface area contributed by atoms with Crippen molar-refractivity contribution in [2.75, 3.05) is 20.6 Å². The van der Waals surface area contributed by atoms with E-state index in [0.717, 1.165) is 30.6 Å². The van der Waals surface area contributed by atoms with Crippen LogP contribution in [0.25, 0.3) is 5.70 Å². The van der Waals surface area contributed by atoms with E-state index in [9.17, 15) is 9.90 Å². The van der Waals surface area contributed by atoms with Crippen LogP contribution in [0.15, 0.2) is 55.1 Å². The Morgan fingerprint density at radius 3 is 2.43 bits per heavy atom. The van der Waals surface area contributed by atoms with E-state index in [2.05, 4.69) is 75.5 Å². The monoisotopic (exact) mass is 406 g/mol. The maximum Gasteiger partial charge on any atom is 0.335 e. The molecule has 0 radical (unpaired) electrons. The second-order valence-electron chi connectivity index (χ2n) is 8.66. The van der Waals surface area contributed by atoms with Gasteiger partial charge in [0.1, 0.15) is 0 Å². The molecular weight excluding hydrogens is 372 g/mol. The van der Waals surface area contributed by atoms with Gasteiger partial charge in [-0.15, -0.1) is 0 Å². The zero-order valence-electron chi connectivity index (χ0n) is 18.9. The number of carboxylic acids is 1. The molecule has 0 saturated heterocycles. The van der Waals surface area contributed by atoms with Gasteiger partial charge in [-0.2, -0.15) is 0 Å². The van der Waals surface area contributed by atoms with Crippen LogP contribution in [0.2, 0.25) is 0 Å². The Labute approximate surface area is 180 Å². The van der Waals surface area contributed by atoms with Crippen molar-refractivity contribution in [1.82, 2.24) is 9.80 Å². The number of hydrogen-bond acceptors (Lipinski definition) is 3. The second-order valence-corrected chi connectivity index (χ2v) is 8.66. The zero-order chi connectivity index (χ0) is 22.1. The van der Waals surface area contributed by atoms with Crippen LogP contribution in [0.1, 0.15) is 54.2 Å². The van der Waals surface area contributed by atoms with Crippen molar-refractivity contribution in [3.05, 3.63) is 77.4 Å². The van der Waals surface area contributed by atoms with Crippen molar-refractivity contribution in [1.29, 1.82) is 0 Å². The molecule has 0 heterocycles. The van der Waals surface area contributed by atoms with E-state index in [-0.39, 0.29) is 17.0 Å². The van der Waals surface area contributed by atoms with Crippen molar-refractivity contribution in [3.63, 3.8) is 0 Å². The third-order valence-electron chi connectivity index (χ3n) is 7.16. The van der Waals surface area contributed by atoms with Gasteiger partial charge in [0.15, 0.2) is 0 Å². The summed E-state index contributed by atoms with van der Waals surface area (Å²) in [6.45, 7) is 12.2. The maximum atomic E-state index is 11.5. The number of likely N-dealkylation sites (N-methyl/N-ethyl adjacent to an activating group) is 2. The first kappa shape index (κ1) is 22.1. The third kappa shape index (κ3) is 3.77. The number of carbonyl (C=O) groups is 1. The van der Waals surface area contributed by atoms with Crippen molar-refractivity contribution >= 4 is 11.7 Å². The molecule has 2 aromatic rings. The van der Waals surface area contributed by atoms with Crippen molar-refractivity contribution in [3.8, 4) is 0 Å². The molecule has 160 valence electrons. The smallest absolute Gasteiger partial charge is 0.335 e. The fourth-order valence-corrected chi connectivity index (χ4v) is 5.10.